The number of rotatable bonds is 6. The molecular formula is C15H16N2O3. The van der Waals surface area contributed by atoms with Crippen molar-refractivity contribution in [2.75, 3.05) is 6.54 Å². The van der Waals surface area contributed by atoms with Gasteiger partial charge in [0.05, 0.1) is 12.8 Å². The number of benzene rings is 1. The number of carbonyl (C=O) groups is 2. The van der Waals surface area contributed by atoms with Crippen molar-refractivity contribution in [1.82, 2.24) is 10.6 Å². The highest BCUT2D eigenvalue weighted by molar-refractivity contribution is 5.94. The Morgan fingerprint density at radius 2 is 1.80 bits per heavy atom. The van der Waals surface area contributed by atoms with Crippen molar-refractivity contribution in [3.8, 4) is 0 Å². The fourth-order valence-electron chi connectivity index (χ4n) is 1.67. The maximum Gasteiger partial charge on any atom is 0.251 e. The lowest BCUT2D eigenvalue weighted by molar-refractivity contribution is -0.121. The Morgan fingerprint density at radius 1 is 1.00 bits per heavy atom. The summed E-state index contributed by atoms with van der Waals surface area (Å²) in [4.78, 5) is 23.3. The van der Waals surface area contributed by atoms with Crippen LogP contribution in [0.1, 0.15) is 22.5 Å². The monoisotopic (exact) mass is 272 g/mol. The Kier molecular flexibility index (Phi) is 4.94. The average molecular weight is 272 g/mol. The maximum atomic E-state index is 11.7. The normalized spacial score (nSPS) is 10.0. The summed E-state index contributed by atoms with van der Waals surface area (Å²) in [6.07, 6.45) is 1.79. The van der Waals surface area contributed by atoms with Crippen LogP contribution in [0.3, 0.4) is 0 Å². The van der Waals surface area contributed by atoms with Gasteiger partial charge in [-0.3, -0.25) is 9.59 Å². The Morgan fingerprint density at radius 3 is 2.50 bits per heavy atom. The van der Waals surface area contributed by atoms with Gasteiger partial charge in [0, 0.05) is 18.5 Å². The lowest BCUT2D eigenvalue weighted by Gasteiger charge is -2.05. The zero-order valence-electron chi connectivity index (χ0n) is 11.0. The van der Waals surface area contributed by atoms with E-state index in [2.05, 4.69) is 10.6 Å². The van der Waals surface area contributed by atoms with E-state index < -0.39 is 0 Å². The quantitative estimate of drug-likeness (QED) is 0.841. The first-order valence-corrected chi connectivity index (χ1v) is 6.38. The SMILES string of the molecule is O=C(CCNC(=O)c1ccccc1)NCc1ccco1. The third-order valence-electron chi connectivity index (χ3n) is 2.71. The van der Waals surface area contributed by atoms with E-state index in [1.165, 1.54) is 0 Å². The molecule has 2 rings (SSSR count). The lowest BCUT2D eigenvalue weighted by Crippen LogP contribution is -2.30. The summed E-state index contributed by atoms with van der Waals surface area (Å²) in [7, 11) is 0. The van der Waals surface area contributed by atoms with Crippen LogP contribution in [0.2, 0.25) is 0 Å². The molecule has 0 saturated heterocycles. The molecule has 0 aliphatic heterocycles. The highest BCUT2D eigenvalue weighted by atomic mass is 16.3. The molecule has 1 aromatic carbocycles. The van der Waals surface area contributed by atoms with Gasteiger partial charge in [-0.1, -0.05) is 18.2 Å². The van der Waals surface area contributed by atoms with Crippen LogP contribution in [-0.2, 0) is 11.3 Å². The summed E-state index contributed by atoms with van der Waals surface area (Å²) < 4.78 is 5.10. The molecule has 2 amide bonds. The van der Waals surface area contributed by atoms with Gasteiger partial charge in [-0.25, -0.2) is 0 Å². The first kappa shape index (κ1) is 13.9. The van der Waals surface area contributed by atoms with Crippen molar-refractivity contribution >= 4 is 11.8 Å². The van der Waals surface area contributed by atoms with Gasteiger partial charge in [-0.05, 0) is 24.3 Å². The number of furan rings is 1. The van der Waals surface area contributed by atoms with Crippen molar-refractivity contribution in [3.63, 3.8) is 0 Å². The molecule has 0 bridgehead atoms. The van der Waals surface area contributed by atoms with E-state index in [1.54, 1.807) is 42.7 Å². The highest BCUT2D eigenvalue weighted by Crippen LogP contribution is 1.99. The molecule has 0 unspecified atom stereocenters. The molecule has 5 heteroatoms. The number of nitrogens with one attached hydrogen (secondary N) is 2. The zero-order valence-corrected chi connectivity index (χ0v) is 11.0. The first-order valence-electron chi connectivity index (χ1n) is 6.38. The van der Waals surface area contributed by atoms with E-state index in [0.29, 0.717) is 24.4 Å². The summed E-state index contributed by atoms with van der Waals surface area (Å²) in [6.45, 7) is 0.663. The largest absolute Gasteiger partial charge is 0.467 e. The Hall–Kier alpha value is -2.56. The second kappa shape index (κ2) is 7.13. The minimum absolute atomic E-state index is 0.130. The van der Waals surface area contributed by atoms with Crippen LogP contribution in [-0.4, -0.2) is 18.4 Å². The zero-order chi connectivity index (χ0) is 14.2. The summed E-state index contributed by atoms with van der Waals surface area (Å²) in [5.74, 6) is 0.394. The molecule has 0 spiro atoms. The molecule has 0 saturated carbocycles. The molecule has 1 aromatic heterocycles. The van der Waals surface area contributed by atoms with E-state index in [-0.39, 0.29) is 18.2 Å². The van der Waals surface area contributed by atoms with Gasteiger partial charge >= 0.3 is 0 Å². The van der Waals surface area contributed by atoms with Crippen molar-refractivity contribution in [3.05, 3.63) is 60.1 Å². The van der Waals surface area contributed by atoms with Gasteiger partial charge < -0.3 is 15.1 Å². The molecular weight excluding hydrogens is 256 g/mol. The van der Waals surface area contributed by atoms with Crippen LogP contribution in [0.25, 0.3) is 0 Å². The Bertz CT molecular complexity index is 550. The molecule has 1 heterocycles. The molecule has 20 heavy (non-hydrogen) atoms. The third-order valence-corrected chi connectivity index (χ3v) is 2.71. The van der Waals surface area contributed by atoms with E-state index >= 15 is 0 Å². The number of carbonyl (C=O) groups excluding carboxylic acids is 2. The predicted octanol–water partition coefficient (Wildman–Crippen LogP) is 1.72. The minimum atomic E-state index is -0.176. The van der Waals surface area contributed by atoms with Gasteiger partial charge in [0.25, 0.3) is 5.91 Å². The van der Waals surface area contributed by atoms with Crippen LogP contribution >= 0.6 is 0 Å². The molecule has 0 atom stereocenters. The summed E-state index contributed by atoms with van der Waals surface area (Å²) in [5.41, 5.74) is 0.587. The van der Waals surface area contributed by atoms with Crippen molar-refractivity contribution in [2.45, 2.75) is 13.0 Å². The van der Waals surface area contributed by atoms with Gasteiger partial charge in [-0.15, -0.1) is 0 Å². The van der Waals surface area contributed by atoms with Crippen LogP contribution in [0.5, 0.6) is 0 Å². The first-order chi connectivity index (χ1) is 9.75. The average Bonchev–Trinajstić information content (AvgIpc) is 2.99. The molecule has 104 valence electrons. The standard InChI is InChI=1S/C15H16N2O3/c18-14(17-11-13-7-4-10-20-13)8-9-16-15(19)12-5-2-1-3-6-12/h1-7,10H,8-9,11H2,(H,16,19)(H,17,18). The summed E-state index contributed by atoms with van der Waals surface area (Å²) in [5, 5.41) is 5.41. The van der Waals surface area contributed by atoms with Gasteiger partial charge in [0.1, 0.15) is 5.76 Å². The number of hydrogen-bond acceptors (Lipinski definition) is 3. The van der Waals surface area contributed by atoms with Crippen molar-refractivity contribution < 1.29 is 14.0 Å². The van der Waals surface area contributed by atoms with Crippen LogP contribution < -0.4 is 10.6 Å². The summed E-state index contributed by atoms with van der Waals surface area (Å²) >= 11 is 0. The third kappa shape index (κ3) is 4.28. The van der Waals surface area contributed by atoms with E-state index in [4.69, 9.17) is 4.42 Å². The molecule has 0 radical (unpaired) electrons. The minimum Gasteiger partial charge on any atom is -0.467 e. The fourth-order valence-corrected chi connectivity index (χ4v) is 1.67. The van der Waals surface area contributed by atoms with E-state index in [1.807, 2.05) is 6.07 Å². The number of hydrogen-bond donors (Lipinski definition) is 2. The Balaban J connectivity index is 1.65. The van der Waals surface area contributed by atoms with Crippen LogP contribution in [0.4, 0.5) is 0 Å². The highest BCUT2D eigenvalue weighted by Gasteiger charge is 2.06. The number of amides is 2. The van der Waals surface area contributed by atoms with E-state index in [0.717, 1.165) is 0 Å². The Labute approximate surface area is 117 Å². The smallest absolute Gasteiger partial charge is 0.251 e. The molecule has 5 nitrogen and oxygen atoms in total. The van der Waals surface area contributed by atoms with E-state index in [9.17, 15) is 9.59 Å². The molecule has 0 aliphatic rings. The predicted molar refractivity (Wildman–Crippen MR) is 73.9 cm³/mol. The molecule has 0 fully saturated rings. The van der Waals surface area contributed by atoms with Crippen LogP contribution in [0.15, 0.2) is 53.1 Å². The van der Waals surface area contributed by atoms with Crippen LogP contribution in [0, 0.1) is 0 Å². The maximum absolute atomic E-state index is 11.7. The second-order valence-electron chi connectivity index (χ2n) is 4.23. The topological polar surface area (TPSA) is 71.3 Å². The van der Waals surface area contributed by atoms with Crippen molar-refractivity contribution in [2.24, 2.45) is 0 Å². The summed E-state index contributed by atoms with van der Waals surface area (Å²) in [6, 6.07) is 12.5. The fraction of sp³-hybridized carbons (Fsp3) is 0.200. The van der Waals surface area contributed by atoms with Crippen molar-refractivity contribution in [1.29, 1.82) is 0 Å². The van der Waals surface area contributed by atoms with Gasteiger partial charge in [-0.2, -0.15) is 0 Å². The lowest BCUT2D eigenvalue weighted by atomic mass is 10.2. The van der Waals surface area contributed by atoms with Gasteiger partial charge in [0.15, 0.2) is 0 Å². The molecule has 0 aliphatic carbocycles. The van der Waals surface area contributed by atoms with Gasteiger partial charge in [0.2, 0.25) is 5.91 Å². The second-order valence-corrected chi connectivity index (χ2v) is 4.23. The molecule has 2 N–H and O–H groups in total. The molecule has 2 aromatic rings.